The van der Waals surface area contributed by atoms with Gasteiger partial charge in [-0.15, -0.1) is 0 Å². The van der Waals surface area contributed by atoms with Gasteiger partial charge in [0.2, 0.25) is 0 Å². The Kier molecular flexibility index (Phi) is 4.51. The van der Waals surface area contributed by atoms with Gasteiger partial charge in [-0.25, -0.2) is 0 Å². The van der Waals surface area contributed by atoms with Gasteiger partial charge in [0.25, 0.3) is 0 Å². The van der Waals surface area contributed by atoms with Crippen LogP contribution in [0.4, 0.5) is 0 Å². The first-order valence-corrected chi connectivity index (χ1v) is 6.02. The molecule has 0 saturated heterocycles. The quantitative estimate of drug-likeness (QED) is 0.619. The highest BCUT2D eigenvalue weighted by Gasteiger charge is 2.06. The van der Waals surface area contributed by atoms with Crippen LogP contribution in [0.2, 0.25) is 0 Å². The first-order chi connectivity index (χ1) is 7.99. The molecule has 1 aromatic rings. The van der Waals surface area contributed by atoms with Crippen LogP contribution in [0.5, 0.6) is 0 Å². The lowest BCUT2D eigenvalue weighted by molar-refractivity contribution is 1.28. The molecular formula is C17H22. The van der Waals surface area contributed by atoms with Crippen LogP contribution in [0.15, 0.2) is 48.1 Å². The maximum absolute atomic E-state index is 3.75. The first kappa shape index (κ1) is 13.5. The molecule has 90 valence electrons. The fourth-order valence-corrected chi connectivity index (χ4v) is 1.96. The van der Waals surface area contributed by atoms with Crippen LogP contribution in [-0.4, -0.2) is 0 Å². The number of rotatable bonds is 3. The lowest BCUT2D eigenvalue weighted by atomic mass is 9.92. The zero-order chi connectivity index (χ0) is 13.0. The van der Waals surface area contributed by atoms with Crippen LogP contribution in [0, 0.1) is 13.8 Å². The van der Waals surface area contributed by atoms with E-state index in [2.05, 4.69) is 65.5 Å². The number of benzene rings is 1. The summed E-state index contributed by atoms with van der Waals surface area (Å²) in [6.45, 7) is 14.6. The third kappa shape index (κ3) is 2.97. The Labute approximate surface area is 105 Å². The van der Waals surface area contributed by atoms with Crippen LogP contribution in [0.1, 0.15) is 37.5 Å². The van der Waals surface area contributed by atoms with Crippen LogP contribution < -0.4 is 0 Å². The van der Waals surface area contributed by atoms with Crippen molar-refractivity contribution in [1.82, 2.24) is 0 Å². The van der Waals surface area contributed by atoms with Crippen LogP contribution in [0.25, 0.3) is 5.57 Å². The van der Waals surface area contributed by atoms with Crippen molar-refractivity contribution in [2.75, 3.05) is 0 Å². The molecule has 0 aliphatic rings. The van der Waals surface area contributed by atoms with Gasteiger partial charge in [0.1, 0.15) is 0 Å². The molecule has 1 aromatic carbocycles. The van der Waals surface area contributed by atoms with E-state index in [1.165, 1.54) is 33.4 Å². The molecule has 0 heteroatoms. The molecule has 0 spiro atoms. The Hall–Kier alpha value is -1.56. The molecule has 0 heterocycles. The average molecular weight is 226 g/mol. The van der Waals surface area contributed by atoms with Crippen LogP contribution in [-0.2, 0) is 0 Å². The van der Waals surface area contributed by atoms with Crippen molar-refractivity contribution in [3.05, 3.63) is 64.8 Å². The fourth-order valence-electron chi connectivity index (χ4n) is 1.96. The Balaban J connectivity index is 3.33. The number of aryl methyl sites for hydroxylation is 1. The molecular weight excluding hydrogens is 204 g/mol. The van der Waals surface area contributed by atoms with E-state index < -0.39 is 0 Å². The molecule has 17 heavy (non-hydrogen) atoms. The molecule has 0 bridgehead atoms. The lowest BCUT2D eigenvalue weighted by Crippen LogP contribution is -1.92. The van der Waals surface area contributed by atoms with Gasteiger partial charge in [-0.3, -0.25) is 0 Å². The second-order valence-electron chi connectivity index (χ2n) is 4.58. The van der Waals surface area contributed by atoms with Crippen molar-refractivity contribution < 1.29 is 0 Å². The summed E-state index contributed by atoms with van der Waals surface area (Å²) in [7, 11) is 0. The molecule has 1 rings (SSSR count). The van der Waals surface area contributed by atoms with E-state index in [1.54, 1.807) is 0 Å². The molecule has 0 saturated carbocycles. The topological polar surface area (TPSA) is 0 Å². The molecule has 0 N–H and O–H groups in total. The van der Waals surface area contributed by atoms with Gasteiger partial charge in [-0.05, 0) is 68.0 Å². The van der Waals surface area contributed by atoms with E-state index in [0.29, 0.717) is 0 Å². The standard InChI is InChI=1S/C17H22/c1-7-9-12(2)14(4)16(6)17-11-8-10-13(3)15(17)5/h7-11H,1H2,2-6H3/b12-9-,16-14+. The molecule has 0 fully saturated rings. The van der Waals surface area contributed by atoms with Gasteiger partial charge in [-0.2, -0.15) is 0 Å². The van der Waals surface area contributed by atoms with E-state index in [9.17, 15) is 0 Å². The van der Waals surface area contributed by atoms with Crippen molar-refractivity contribution in [1.29, 1.82) is 0 Å². The summed E-state index contributed by atoms with van der Waals surface area (Å²) in [5.41, 5.74) is 8.02. The zero-order valence-electron chi connectivity index (χ0n) is 11.6. The van der Waals surface area contributed by atoms with Crippen molar-refractivity contribution in [3.63, 3.8) is 0 Å². The Morgan fingerprint density at radius 1 is 1.12 bits per heavy atom. The van der Waals surface area contributed by atoms with E-state index >= 15 is 0 Å². The average Bonchev–Trinajstić information content (AvgIpc) is 2.31. The van der Waals surface area contributed by atoms with Crippen molar-refractivity contribution in [2.45, 2.75) is 34.6 Å². The maximum atomic E-state index is 3.75. The predicted octanol–water partition coefficient (Wildman–Crippen LogP) is 5.23. The Morgan fingerprint density at radius 3 is 2.35 bits per heavy atom. The third-order valence-electron chi connectivity index (χ3n) is 3.53. The lowest BCUT2D eigenvalue weighted by Gasteiger charge is -2.13. The van der Waals surface area contributed by atoms with Gasteiger partial charge < -0.3 is 0 Å². The summed E-state index contributed by atoms with van der Waals surface area (Å²) < 4.78 is 0. The van der Waals surface area contributed by atoms with E-state index in [4.69, 9.17) is 0 Å². The summed E-state index contributed by atoms with van der Waals surface area (Å²) in [6.07, 6.45) is 3.90. The van der Waals surface area contributed by atoms with Gasteiger partial charge >= 0.3 is 0 Å². The number of hydrogen-bond donors (Lipinski definition) is 0. The van der Waals surface area contributed by atoms with Crippen LogP contribution >= 0.6 is 0 Å². The third-order valence-corrected chi connectivity index (χ3v) is 3.53. The van der Waals surface area contributed by atoms with Crippen LogP contribution in [0.3, 0.4) is 0 Å². The molecule has 0 amide bonds. The normalized spacial score (nSPS) is 13.4. The summed E-state index contributed by atoms with van der Waals surface area (Å²) in [6, 6.07) is 6.48. The second-order valence-corrected chi connectivity index (χ2v) is 4.58. The molecule has 0 nitrogen and oxygen atoms in total. The summed E-state index contributed by atoms with van der Waals surface area (Å²) in [5.74, 6) is 0. The van der Waals surface area contributed by atoms with Gasteiger partial charge in [-0.1, -0.05) is 36.9 Å². The first-order valence-electron chi connectivity index (χ1n) is 6.02. The Morgan fingerprint density at radius 2 is 1.76 bits per heavy atom. The smallest absolute Gasteiger partial charge is 0.0193 e. The predicted molar refractivity (Wildman–Crippen MR) is 78.1 cm³/mol. The summed E-state index contributed by atoms with van der Waals surface area (Å²) in [4.78, 5) is 0. The maximum Gasteiger partial charge on any atom is -0.0193 e. The second kappa shape index (κ2) is 5.67. The molecule has 0 aliphatic heterocycles. The van der Waals surface area contributed by atoms with E-state index in [-0.39, 0.29) is 0 Å². The van der Waals surface area contributed by atoms with Gasteiger partial charge in [0, 0.05) is 0 Å². The fraction of sp³-hybridized carbons (Fsp3) is 0.294. The minimum absolute atomic E-state index is 1.28. The SMILES string of the molecule is C=C/C=C(C)\C(C)=C(/C)c1cccc(C)c1C. The highest BCUT2D eigenvalue weighted by molar-refractivity contribution is 5.73. The Bertz CT molecular complexity index is 485. The van der Waals surface area contributed by atoms with Crippen molar-refractivity contribution in [2.24, 2.45) is 0 Å². The minimum atomic E-state index is 1.28. The highest BCUT2D eigenvalue weighted by Crippen LogP contribution is 2.26. The van der Waals surface area contributed by atoms with Crippen molar-refractivity contribution >= 4 is 5.57 Å². The van der Waals surface area contributed by atoms with Crippen molar-refractivity contribution in [3.8, 4) is 0 Å². The van der Waals surface area contributed by atoms with E-state index in [1.807, 2.05) is 6.08 Å². The molecule has 0 aliphatic carbocycles. The number of allylic oxidation sites excluding steroid dienone is 5. The summed E-state index contributed by atoms with van der Waals surface area (Å²) in [5, 5.41) is 0. The van der Waals surface area contributed by atoms with Gasteiger partial charge in [0.05, 0.1) is 0 Å². The molecule has 0 atom stereocenters. The zero-order valence-corrected chi connectivity index (χ0v) is 11.6. The molecule has 0 radical (unpaired) electrons. The molecule has 0 unspecified atom stereocenters. The van der Waals surface area contributed by atoms with E-state index in [0.717, 1.165) is 0 Å². The summed E-state index contributed by atoms with van der Waals surface area (Å²) >= 11 is 0. The molecule has 0 aromatic heterocycles. The minimum Gasteiger partial charge on any atom is -0.0991 e. The largest absolute Gasteiger partial charge is 0.0991 e. The monoisotopic (exact) mass is 226 g/mol. The number of hydrogen-bond acceptors (Lipinski definition) is 0. The highest BCUT2D eigenvalue weighted by atomic mass is 14.1. The van der Waals surface area contributed by atoms with Gasteiger partial charge in [0.15, 0.2) is 0 Å².